The van der Waals surface area contributed by atoms with Crippen LogP contribution in [0.25, 0.3) is 0 Å². The van der Waals surface area contributed by atoms with Crippen LogP contribution in [-0.2, 0) is 16.0 Å². The fraction of sp³-hybridized carbons (Fsp3) is 0.636. The van der Waals surface area contributed by atoms with Gasteiger partial charge in [-0.3, -0.25) is 4.57 Å². The molecule has 2 rings (SSSR count). The molecular formula is C11H16N2O3. The van der Waals surface area contributed by atoms with Crippen LogP contribution in [0.5, 0.6) is 0 Å². The van der Waals surface area contributed by atoms with Gasteiger partial charge in [0.1, 0.15) is 0 Å². The lowest BCUT2D eigenvalue weighted by molar-refractivity contribution is -0.182. The summed E-state index contributed by atoms with van der Waals surface area (Å²) in [4.78, 5) is 15.2. The van der Waals surface area contributed by atoms with Gasteiger partial charge in [-0.15, -0.1) is 0 Å². The van der Waals surface area contributed by atoms with Crippen molar-refractivity contribution in [3.8, 4) is 0 Å². The molecule has 5 heteroatoms. The molecule has 0 spiro atoms. The molecule has 0 bridgehead atoms. The number of aryl methyl sites for hydroxylation is 2. The van der Waals surface area contributed by atoms with Crippen molar-refractivity contribution < 1.29 is 9.47 Å². The molecular weight excluding hydrogens is 208 g/mol. The first kappa shape index (κ1) is 11.3. The maximum Gasteiger partial charge on any atom is 0.347 e. The third-order valence-corrected chi connectivity index (χ3v) is 2.49. The summed E-state index contributed by atoms with van der Waals surface area (Å²) in [7, 11) is 0. The van der Waals surface area contributed by atoms with Gasteiger partial charge in [-0.05, 0) is 18.9 Å². The van der Waals surface area contributed by atoms with E-state index in [2.05, 4.69) is 4.98 Å². The van der Waals surface area contributed by atoms with E-state index in [1.165, 1.54) is 0 Å². The molecule has 1 aromatic heterocycles. The van der Waals surface area contributed by atoms with Gasteiger partial charge in [0.2, 0.25) is 0 Å². The molecule has 1 saturated heterocycles. The van der Waals surface area contributed by atoms with Crippen molar-refractivity contribution in [3.05, 3.63) is 28.4 Å². The van der Waals surface area contributed by atoms with Gasteiger partial charge >= 0.3 is 5.69 Å². The molecule has 0 N–H and O–H groups in total. The predicted molar refractivity (Wildman–Crippen MR) is 58.2 cm³/mol. The predicted octanol–water partition coefficient (Wildman–Crippen LogP) is 0.705. The van der Waals surface area contributed by atoms with Crippen LogP contribution in [0.1, 0.15) is 18.4 Å². The first-order valence-corrected chi connectivity index (χ1v) is 5.52. The molecule has 0 amide bonds. The van der Waals surface area contributed by atoms with Crippen molar-refractivity contribution in [1.29, 1.82) is 0 Å². The highest BCUT2D eigenvalue weighted by Crippen LogP contribution is 2.09. The van der Waals surface area contributed by atoms with E-state index in [-0.39, 0.29) is 12.0 Å². The molecule has 88 valence electrons. The fourth-order valence-corrected chi connectivity index (χ4v) is 1.67. The zero-order chi connectivity index (χ0) is 11.4. The Bertz CT molecular complexity index is 396. The highest BCUT2D eigenvalue weighted by atomic mass is 16.7. The summed E-state index contributed by atoms with van der Waals surface area (Å²) in [5, 5.41) is 0. The summed E-state index contributed by atoms with van der Waals surface area (Å²) >= 11 is 0. The van der Waals surface area contributed by atoms with E-state index in [9.17, 15) is 4.79 Å². The van der Waals surface area contributed by atoms with Gasteiger partial charge < -0.3 is 9.47 Å². The van der Waals surface area contributed by atoms with Crippen molar-refractivity contribution in [3.63, 3.8) is 0 Å². The molecule has 1 aliphatic rings. The summed E-state index contributed by atoms with van der Waals surface area (Å²) in [6.07, 6.45) is 4.83. The maximum absolute atomic E-state index is 11.4. The molecule has 0 radical (unpaired) electrons. The van der Waals surface area contributed by atoms with Crippen molar-refractivity contribution >= 4 is 0 Å². The summed E-state index contributed by atoms with van der Waals surface area (Å²) in [5.74, 6) is 0. The first-order valence-electron chi connectivity index (χ1n) is 5.52. The van der Waals surface area contributed by atoms with Crippen LogP contribution in [0.3, 0.4) is 0 Å². The van der Waals surface area contributed by atoms with Gasteiger partial charge in [0, 0.05) is 25.4 Å². The Kier molecular flexibility index (Phi) is 3.69. The summed E-state index contributed by atoms with van der Waals surface area (Å²) < 4.78 is 12.4. The average Bonchev–Trinajstić information content (AvgIpc) is 2.32. The van der Waals surface area contributed by atoms with E-state index in [1.54, 1.807) is 17.0 Å². The Morgan fingerprint density at radius 1 is 1.50 bits per heavy atom. The number of hydrogen-bond acceptors (Lipinski definition) is 4. The SMILES string of the molecule is Cc1cnc(=O)n(CCC2OCCCO2)c1. The van der Waals surface area contributed by atoms with E-state index in [4.69, 9.17) is 9.47 Å². The van der Waals surface area contributed by atoms with Crippen LogP contribution in [0.2, 0.25) is 0 Å². The van der Waals surface area contributed by atoms with E-state index in [1.807, 2.05) is 6.92 Å². The normalized spacial score (nSPS) is 17.6. The number of hydrogen-bond donors (Lipinski definition) is 0. The van der Waals surface area contributed by atoms with Crippen LogP contribution in [0.15, 0.2) is 17.2 Å². The summed E-state index contributed by atoms with van der Waals surface area (Å²) in [5.41, 5.74) is 0.756. The second-order valence-corrected chi connectivity index (χ2v) is 3.92. The van der Waals surface area contributed by atoms with Crippen molar-refractivity contribution in [2.24, 2.45) is 0 Å². The number of ether oxygens (including phenoxy) is 2. The lowest BCUT2D eigenvalue weighted by Crippen LogP contribution is -2.29. The van der Waals surface area contributed by atoms with Crippen LogP contribution in [0.4, 0.5) is 0 Å². The Balaban J connectivity index is 1.93. The van der Waals surface area contributed by atoms with Gasteiger partial charge in [-0.2, -0.15) is 0 Å². The van der Waals surface area contributed by atoms with E-state index >= 15 is 0 Å². The first-order chi connectivity index (χ1) is 7.75. The molecule has 0 aliphatic carbocycles. The lowest BCUT2D eigenvalue weighted by Gasteiger charge is -2.23. The number of aromatic nitrogens is 2. The zero-order valence-electron chi connectivity index (χ0n) is 9.39. The largest absolute Gasteiger partial charge is 0.353 e. The summed E-state index contributed by atoms with van der Waals surface area (Å²) in [6.45, 7) is 3.98. The maximum atomic E-state index is 11.4. The Morgan fingerprint density at radius 3 is 3.00 bits per heavy atom. The molecule has 0 saturated carbocycles. The van der Waals surface area contributed by atoms with E-state index in [0.29, 0.717) is 13.0 Å². The average molecular weight is 224 g/mol. The van der Waals surface area contributed by atoms with Gasteiger partial charge in [-0.25, -0.2) is 9.78 Å². The van der Waals surface area contributed by atoms with Crippen LogP contribution in [0, 0.1) is 6.92 Å². The van der Waals surface area contributed by atoms with Gasteiger partial charge in [0.15, 0.2) is 6.29 Å². The summed E-state index contributed by atoms with van der Waals surface area (Å²) in [6, 6.07) is 0. The molecule has 1 fully saturated rings. The zero-order valence-corrected chi connectivity index (χ0v) is 9.39. The highest BCUT2D eigenvalue weighted by Gasteiger charge is 2.14. The van der Waals surface area contributed by atoms with Crippen molar-refractivity contribution in [2.75, 3.05) is 13.2 Å². The minimum absolute atomic E-state index is 0.179. The quantitative estimate of drug-likeness (QED) is 0.758. The van der Waals surface area contributed by atoms with Gasteiger partial charge in [-0.1, -0.05) is 0 Å². The molecule has 2 heterocycles. The Morgan fingerprint density at radius 2 is 2.25 bits per heavy atom. The molecule has 0 aromatic carbocycles. The van der Waals surface area contributed by atoms with Crippen molar-refractivity contribution in [2.45, 2.75) is 32.6 Å². The second-order valence-electron chi connectivity index (χ2n) is 3.92. The van der Waals surface area contributed by atoms with Crippen LogP contribution < -0.4 is 5.69 Å². The third kappa shape index (κ3) is 2.90. The molecule has 0 unspecified atom stereocenters. The van der Waals surface area contributed by atoms with Crippen LogP contribution in [-0.4, -0.2) is 29.1 Å². The minimum atomic E-state index is -0.221. The molecule has 0 atom stereocenters. The Hall–Kier alpha value is -1.20. The molecule has 1 aliphatic heterocycles. The molecule has 16 heavy (non-hydrogen) atoms. The smallest absolute Gasteiger partial charge is 0.347 e. The Labute approximate surface area is 94.0 Å². The fourth-order valence-electron chi connectivity index (χ4n) is 1.67. The third-order valence-electron chi connectivity index (χ3n) is 2.49. The van der Waals surface area contributed by atoms with E-state index in [0.717, 1.165) is 25.2 Å². The monoisotopic (exact) mass is 224 g/mol. The lowest BCUT2D eigenvalue weighted by atomic mass is 10.3. The van der Waals surface area contributed by atoms with Crippen LogP contribution >= 0.6 is 0 Å². The van der Waals surface area contributed by atoms with E-state index < -0.39 is 0 Å². The number of rotatable bonds is 3. The second kappa shape index (κ2) is 5.23. The van der Waals surface area contributed by atoms with Gasteiger partial charge in [0.05, 0.1) is 13.2 Å². The van der Waals surface area contributed by atoms with Gasteiger partial charge in [0.25, 0.3) is 0 Å². The standard InChI is InChI=1S/C11H16N2O3/c1-9-7-12-11(14)13(8-9)4-3-10-15-5-2-6-16-10/h7-8,10H,2-6H2,1H3. The topological polar surface area (TPSA) is 53.4 Å². The molecule has 1 aromatic rings. The number of nitrogens with zero attached hydrogens (tertiary/aromatic N) is 2. The minimum Gasteiger partial charge on any atom is -0.353 e. The van der Waals surface area contributed by atoms with Crippen molar-refractivity contribution in [1.82, 2.24) is 9.55 Å². The molecule has 5 nitrogen and oxygen atoms in total. The highest BCUT2D eigenvalue weighted by molar-refractivity contribution is 4.99.